The summed E-state index contributed by atoms with van der Waals surface area (Å²) < 4.78 is 23.2. The summed E-state index contributed by atoms with van der Waals surface area (Å²) in [6.07, 6.45) is 1.11. The monoisotopic (exact) mass is 311 g/mol. The number of aromatic carboxylic acids is 1. The van der Waals surface area contributed by atoms with Gasteiger partial charge in [0.1, 0.15) is 15.1 Å². The first-order valence-corrected chi connectivity index (χ1v) is 8.56. The Hall–Kier alpha value is -1.73. The lowest BCUT2D eigenvalue weighted by molar-refractivity contribution is 0.0702. The van der Waals surface area contributed by atoms with Gasteiger partial charge in [0.05, 0.1) is 5.69 Å². The van der Waals surface area contributed by atoms with Crippen LogP contribution >= 0.6 is 11.3 Å². The smallest absolute Gasteiger partial charge is 0.348 e. The van der Waals surface area contributed by atoms with E-state index in [0.717, 1.165) is 17.6 Å². The lowest BCUT2D eigenvalue weighted by Crippen LogP contribution is -2.07. The van der Waals surface area contributed by atoms with E-state index in [0.29, 0.717) is 16.3 Å². The second kappa shape index (κ2) is 5.34. The first kappa shape index (κ1) is 14.7. The van der Waals surface area contributed by atoms with Crippen molar-refractivity contribution in [3.8, 4) is 11.3 Å². The molecule has 1 atom stereocenters. The summed E-state index contributed by atoms with van der Waals surface area (Å²) in [5, 5.41) is 8.72. The van der Waals surface area contributed by atoms with E-state index in [-0.39, 0.29) is 4.88 Å². The van der Waals surface area contributed by atoms with Crippen LogP contribution in [0.25, 0.3) is 11.3 Å². The van der Waals surface area contributed by atoms with Gasteiger partial charge < -0.3 is 5.11 Å². The van der Waals surface area contributed by atoms with Crippen LogP contribution in [0.15, 0.2) is 30.3 Å². The zero-order chi connectivity index (χ0) is 14.9. The molecule has 20 heavy (non-hydrogen) atoms. The molecule has 1 N–H and O–H groups in total. The molecule has 1 aromatic carbocycles. The minimum Gasteiger partial charge on any atom is -0.477 e. The zero-order valence-electron chi connectivity index (χ0n) is 10.9. The fourth-order valence-electron chi connectivity index (χ4n) is 1.63. The summed E-state index contributed by atoms with van der Waals surface area (Å²) in [7, 11) is -3.31. The van der Waals surface area contributed by atoms with Crippen molar-refractivity contribution < 1.29 is 18.3 Å². The van der Waals surface area contributed by atoms with Crippen molar-refractivity contribution in [1.29, 1.82) is 0 Å². The standard InChI is InChI=1S/C13H13NO4S2/c1-8(20(2,17)18)12-14-10(11(19-12)13(15)16)9-6-4-3-5-7-9/h3-8H,1-2H3,(H,15,16). The Morgan fingerprint density at radius 2 is 1.90 bits per heavy atom. The molecule has 1 aromatic heterocycles. The van der Waals surface area contributed by atoms with E-state index in [1.807, 2.05) is 6.07 Å². The third kappa shape index (κ3) is 2.88. The van der Waals surface area contributed by atoms with Crippen molar-refractivity contribution >= 4 is 27.1 Å². The van der Waals surface area contributed by atoms with Gasteiger partial charge in [-0.3, -0.25) is 0 Å². The van der Waals surface area contributed by atoms with Crippen molar-refractivity contribution in [2.45, 2.75) is 12.2 Å². The highest BCUT2D eigenvalue weighted by Crippen LogP contribution is 2.33. The quantitative estimate of drug-likeness (QED) is 0.938. The number of carbonyl (C=O) groups is 1. The molecule has 0 fully saturated rings. The van der Waals surface area contributed by atoms with Crippen LogP contribution in [0.5, 0.6) is 0 Å². The molecule has 0 aliphatic heterocycles. The Bertz CT molecular complexity index is 735. The van der Waals surface area contributed by atoms with Crippen LogP contribution < -0.4 is 0 Å². The van der Waals surface area contributed by atoms with Crippen LogP contribution in [-0.2, 0) is 9.84 Å². The molecule has 0 amide bonds. The third-order valence-corrected chi connectivity index (χ3v) is 5.76. The molecule has 0 aliphatic rings. The molecule has 0 saturated heterocycles. The van der Waals surface area contributed by atoms with E-state index in [1.54, 1.807) is 24.3 Å². The predicted octanol–water partition coefficient (Wildman–Crippen LogP) is 2.61. The molecule has 5 nitrogen and oxygen atoms in total. The fourth-order valence-corrected chi connectivity index (χ4v) is 3.58. The Morgan fingerprint density at radius 1 is 1.30 bits per heavy atom. The van der Waals surface area contributed by atoms with Crippen LogP contribution in [0.3, 0.4) is 0 Å². The van der Waals surface area contributed by atoms with Gasteiger partial charge in [0.2, 0.25) is 0 Å². The lowest BCUT2D eigenvalue weighted by Gasteiger charge is -2.04. The van der Waals surface area contributed by atoms with Crippen molar-refractivity contribution in [3.63, 3.8) is 0 Å². The lowest BCUT2D eigenvalue weighted by atomic mass is 10.1. The average Bonchev–Trinajstić information content (AvgIpc) is 2.82. The molecule has 7 heteroatoms. The molecule has 0 radical (unpaired) electrons. The van der Waals surface area contributed by atoms with Gasteiger partial charge in [-0.05, 0) is 6.92 Å². The second-order valence-corrected chi connectivity index (χ2v) is 7.77. The summed E-state index contributed by atoms with van der Waals surface area (Å²) in [6.45, 7) is 1.51. The minimum atomic E-state index is -3.31. The van der Waals surface area contributed by atoms with Crippen LogP contribution in [0, 0.1) is 0 Å². The topological polar surface area (TPSA) is 84.3 Å². The van der Waals surface area contributed by atoms with Crippen molar-refractivity contribution in [2.75, 3.05) is 6.26 Å². The minimum absolute atomic E-state index is 0.0571. The molecule has 0 bridgehead atoms. The summed E-state index contributed by atoms with van der Waals surface area (Å²) in [4.78, 5) is 15.6. The molecule has 1 unspecified atom stereocenters. The normalized spacial score (nSPS) is 13.1. The Morgan fingerprint density at radius 3 is 2.40 bits per heavy atom. The van der Waals surface area contributed by atoms with Crippen molar-refractivity contribution in [1.82, 2.24) is 4.98 Å². The molecule has 2 aromatic rings. The number of nitrogens with zero attached hydrogens (tertiary/aromatic N) is 1. The summed E-state index contributed by atoms with van der Waals surface area (Å²) >= 11 is 0.908. The van der Waals surface area contributed by atoms with Gasteiger partial charge in [0.15, 0.2) is 9.84 Å². The number of carboxylic acid groups (broad SMARTS) is 1. The molecule has 2 rings (SSSR count). The number of thiazole rings is 1. The zero-order valence-corrected chi connectivity index (χ0v) is 12.5. The molecule has 1 heterocycles. The highest BCUT2D eigenvalue weighted by atomic mass is 32.2. The fraction of sp³-hybridized carbons (Fsp3) is 0.231. The maximum atomic E-state index is 11.6. The van der Waals surface area contributed by atoms with Gasteiger partial charge in [-0.15, -0.1) is 11.3 Å². The predicted molar refractivity (Wildman–Crippen MR) is 77.8 cm³/mol. The second-order valence-electron chi connectivity index (χ2n) is 4.37. The SMILES string of the molecule is CC(c1nc(-c2ccccc2)c(C(=O)O)s1)S(C)(=O)=O. The van der Waals surface area contributed by atoms with Crippen LogP contribution in [0.1, 0.15) is 26.9 Å². The highest BCUT2D eigenvalue weighted by molar-refractivity contribution is 7.91. The summed E-state index contributed by atoms with van der Waals surface area (Å²) in [6, 6.07) is 8.86. The van der Waals surface area contributed by atoms with Gasteiger partial charge in [0, 0.05) is 11.8 Å². The van der Waals surface area contributed by atoms with Gasteiger partial charge in [0.25, 0.3) is 0 Å². The Balaban J connectivity index is 2.59. The number of sulfone groups is 1. The van der Waals surface area contributed by atoms with E-state index < -0.39 is 21.1 Å². The molecule has 106 valence electrons. The van der Waals surface area contributed by atoms with E-state index >= 15 is 0 Å². The molecule has 0 aliphatic carbocycles. The van der Waals surface area contributed by atoms with E-state index in [2.05, 4.69) is 4.98 Å². The van der Waals surface area contributed by atoms with Gasteiger partial charge in [-0.2, -0.15) is 0 Å². The summed E-state index contributed by atoms with van der Waals surface area (Å²) in [5.74, 6) is -1.10. The maximum Gasteiger partial charge on any atom is 0.348 e. The van der Waals surface area contributed by atoms with Crippen LogP contribution in [-0.4, -0.2) is 30.7 Å². The van der Waals surface area contributed by atoms with Crippen molar-refractivity contribution in [2.24, 2.45) is 0 Å². The maximum absolute atomic E-state index is 11.6. The van der Waals surface area contributed by atoms with Gasteiger partial charge in [-0.1, -0.05) is 30.3 Å². The van der Waals surface area contributed by atoms with Gasteiger partial charge >= 0.3 is 5.97 Å². The number of rotatable bonds is 4. The van der Waals surface area contributed by atoms with Crippen molar-refractivity contribution in [3.05, 3.63) is 40.2 Å². The van der Waals surface area contributed by atoms with Crippen LogP contribution in [0.2, 0.25) is 0 Å². The number of hydrogen-bond donors (Lipinski definition) is 1. The largest absolute Gasteiger partial charge is 0.477 e. The molecule has 0 saturated carbocycles. The Labute approximate surface area is 120 Å². The number of benzene rings is 1. The van der Waals surface area contributed by atoms with E-state index in [4.69, 9.17) is 0 Å². The van der Waals surface area contributed by atoms with Crippen LogP contribution in [0.4, 0.5) is 0 Å². The number of carboxylic acids is 1. The van der Waals surface area contributed by atoms with E-state index in [1.165, 1.54) is 6.92 Å². The highest BCUT2D eigenvalue weighted by Gasteiger charge is 2.26. The first-order valence-electron chi connectivity index (χ1n) is 5.79. The molecular weight excluding hydrogens is 298 g/mol. The molecular formula is C13H13NO4S2. The molecule has 0 spiro atoms. The Kier molecular flexibility index (Phi) is 3.92. The van der Waals surface area contributed by atoms with Gasteiger partial charge in [-0.25, -0.2) is 18.2 Å². The number of hydrogen-bond acceptors (Lipinski definition) is 5. The summed E-state index contributed by atoms with van der Waals surface area (Å²) in [5.41, 5.74) is 0.974. The third-order valence-electron chi connectivity index (χ3n) is 2.88. The average molecular weight is 311 g/mol. The first-order chi connectivity index (χ1) is 9.30. The van der Waals surface area contributed by atoms with E-state index in [9.17, 15) is 18.3 Å². The number of aromatic nitrogens is 1.